The molecule has 10 heteroatoms. The summed E-state index contributed by atoms with van der Waals surface area (Å²) in [5, 5.41) is 62.4. The number of phenolic OH excluding ortho intramolecular Hbond substituents is 4. The minimum absolute atomic E-state index is 0.106. The summed E-state index contributed by atoms with van der Waals surface area (Å²) in [7, 11) is 0. The zero-order valence-electron chi connectivity index (χ0n) is 29.8. The van der Waals surface area contributed by atoms with E-state index in [2.05, 4.69) is 0 Å². The fraction of sp³-hybridized carbons (Fsp3) is 0.238. The fourth-order valence-corrected chi connectivity index (χ4v) is 6.88. The first kappa shape index (κ1) is 37.1. The summed E-state index contributed by atoms with van der Waals surface area (Å²) in [6, 6.07) is 22.4. The van der Waals surface area contributed by atoms with Crippen molar-refractivity contribution in [2.45, 2.75) is 52.4 Å². The van der Waals surface area contributed by atoms with Gasteiger partial charge in [-0.15, -0.1) is 0 Å². The van der Waals surface area contributed by atoms with Gasteiger partial charge in [0, 0.05) is 34.1 Å². The smallest absolute Gasteiger partial charge is 0.340 e. The molecular formula is C42H42O10. The molecule has 0 aliphatic carbocycles. The lowest BCUT2D eigenvalue weighted by molar-refractivity contribution is 0.0682. The van der Waals surface area contributed by atoms with Crippen LogP contribution in [0.15, 0.2) is 84.9 Å². The number of benzene rings is 5. The van der Waals surface area contributed by atoms with Gasteiger partial charge in [0.15, 0.2) is 0 Å². The lowest BCUT2D eigenvalue weighted by Crippen LogP contribution is -2.24. The van der Waals surface area contributed by atoms with Crippen LogP contribution in [0.3, 0.4) is 0 Å². The first-order valence-electron chi connectivity index (χ1n) is 16.8. The molecule has 0 fully saturated rings. The van der Waals surface area contributed by atoms with Gasteiger partial charge in [0.25, 0.3) is 0 Å². The Bertz CT molecular complexity index is 1970. The monoisotopic (exact) mass is 706 g/mol. The highest BCUT2D eigenvalue weighted by molar-refractivity contribution is 6.01. The summed E-state index contributed by atoms with van der Waals surface area (Å²) in [5.74, 6) is -3.10. The zero-order valence-corrected chi connectivity index (χ0v) is 29.8. The molecule has 5 aromatic carbocycles. The SMILES string of the molecule is CCOc1ccc(C(C)(C)c2ccc(C(C)(C)c3ccc(OCC)c(C(=O)O)c3-c3cc(O)cc(O)c3)cc2)c(-c2cc(O)cc(O)c2)c1C(=O)O. The van der Waals surface area contributed by atoms with Crippen molar-refractivity contribution in [3.05, 3.63) is 118 Å². The topological polar surface area (TPSA) is 174 Å². The van der Waals surface area contributed by atoms with Crippen LogP contribution in [0.1, 0.15) is 84.5 Å². The van der Waals surface area contributed by atoms with E-state index in [1.54, 1.807) is 38.1 Å². The van der Waals surface area contributed by atoms with E-state index in [-0.39, 0.29) is 70.0 Å². The quantitative estimate of drug-likeness (QED) is 0.0737. The lowest BCUT2D eigenvalue weighted by atomic mass is 9.71. The number of hydrogen-bond acceptors (Lipinski definition) is 8. The number of carbonyl (C=O) groups is 2. The van der Waals surface area contributed by atoms with Gasteiger partial charge in [-0.05, 0) is 83.6 Å². The molecule has 0 amide bonds. The molecule has 0 aliphatic heterocycles. The maximum atomic E-state index is 12.8. The largest absolute Gasteiger partial charge is 0.508 e. The third-order valence-electron chi connectivity index (χ3n) is 9.42. The van der Waals surface area contributed by atoms with Crippen molar-refractivity contribution in [3.63, 3.8) is 0 Å². The molecule has 52 heavy (non-hydrogen) atoms. The fourth-order valence-electron chi connectivity index (χ4n) is 6.88. The van der Waals surface area contributed by atoms with E-state index in [4.69, 9.17) is 9.47 Å². The Morgan fingerprint density at radius 2 is 0.827 bits per heavy atom. The van der Waals surface area contributed by atoms with Crippen molar-refractivity contribution in [3.8, 4) is 56.8 Å². The van der Waals surface area contributed by atoms with Crippen LogP contribution in [-0.2, 0) is 10.8 Å². The summed E-state index contributed by atoms with van der Waals surface area (Å²) in [5.41, 5.74) is 2.14. The van der Waals surface area contributed by atoms with Crippen molar-refractivity contribution >= 4 is 11.9 Å². The Morgan fingerprint density at radius 1 is 0.519 bits per heavy atom. The minimum atomic E-state index is -1.23. The van der Waals surface area contributed by atoms with Crippen LogP contribution in [0.5, 0.6) is 34.5 Å². The Hall–Kier alpha value is -6.16. The normalized spacial score (nSPS) is 11.7. The highest BCUT2D eigenvalue weighted by Gasteiger charge is 2.34. The standard InChI is InChI=1S/C42H42O10/c1-7-51-33-15-13-31(35(37(33)39(47)48)23-17-27(43)21-28(44)18-23)41(3,4)25-9-11-26(12-10-25)42(5,6)32-14-16-34(52-8-2)38(40(49)50)36(32)24-19-29(45)22-30(46)20-24/h9-22,43-46H,7-8H2,1-6H3,(H,47,48)(H,49,50). The number of aromatic hydroxyl groups is 4. The maximum Gasteiger partial charge on any atom is 0.340 e. The Labute approximate surface area is 301 Å². The molecule has 0 aromatic heterocycles. The van der Waals surface area contributed by atoms with Crippen LogP contribution >= 0.6 is 0 Å². The van der Waals surface area contributed by atoms with Gasteiger partial charge < -0.3 is 40.1 Å². The van der Waals surface area contributed by atoms with E-state index < -0.39 is 22.8 Å². The summed E-state index contributed by atoms with van der Waals surface area (Å²) in [6.07, 6.45) is 0. The molecular weight excluding hydrogens is 664 g/mol. The van der Waals surface area contributed by atoms with Gasteiger partial charge in [-0.25, -0.2) is 9.59 Å². The molecule has 5 aromatic rings. The molecule has 6 N–H and O–H groups in total. The predicted octanol–water partition coefficient (Wildman–Crippen LogP) is 8.69. The van der Waals surface area contributed by atoms with E-state index in [9.17, 15) is 40.2 Å². The summed E-state index contributed by atoms with van der Waals surface area (Å²) < 4.78 is 11.4. The molecule has 10 nitrogen and oxygen atoms in total. The molecule has 0 saturated heterocycles. The highest BCUT2D eigenvalue weighted by Crippen LogP contribution is 2.47. The minimum Gasteiger partial charge on any atom is -0.508 e. The number of aromatic carboxylic acids is 2. The summed E-state index contributed by atoms with van der Waals surface area (Å²) in [6.45, 7) is 11.7. The molecule has 0 saturated carbocycles. The van der Waals surface area contributed by atoms with Gasteiger partial charge in [0.2, 0.25) is 0 Å². The van der Waals surface area contributed by atoms with Crippen molar-refractivity contribution in [2.24, 2.45) is 0 Å². The molecule has 0 heterocycles. The van der Waals surface area contributed by atoms with Gasteiger partial charge >= 0.3 is 11.9 Å². The maximum absolute atomic E-state index is 12.8. The van der Waals surface area contributed by atoms with Crippen LogP contribution < -0.4 is 9.47 Å². The number of rotatable bonds is 12. The van der Waals surface area contributed by atoms with Crippen LogP contribution in [0, 0.1) is 0 Å². The van der Waals surface area contributed by atoms with Gasteiger partial charge in [-0.2, -0.15) is 0 Å². The number of carboxylic acid groups (broad SMARTS) is 2. The molecule has 0 spiro atoms. The summed E-state index contributed by atoms with van der Waals surface area (Å²) in [4.78, 5) is 25.6. The molecule has 0 unspecified atom stereocenters. The predicted molar refractivity (Wildman–Crippen MR) is 197 cm³/mol. The van der Waals surface area contributed by atoms with Gasteiger partial charge in [-0.3, -0.25) is 0 Å². The second kappa shape index (κ2) is 14.2. The molecule has 0 atom stereocenters. The van der Waals surface area contributed by atoms with Crippen LogP contribution in [0.2, 0.25) is 0 Å². The Balaban J connectivity index is 1.69. The van der Waals surface area contributed by atoms with E-state index in [1.807, 2.05) is 52.0 Å². The zero-order chi connectivity index (χ0) is 38.1. The van der Waals surface area contributed by atoms with Crippen LogP contribution in [-0.4, -0.2) is 55.8 Å². The van der Waals surface area contributed by atoms with E-state index in [0.717, 1.165) is 11.1 Å². The third-order valence-corrected chi connectivity index (χ3v) is 9.42. The average molecular weight is 707 g/mol. The van der Waals surface area contributed by atoms with Crippen molar-refractivity contribution < 1.29 is 49.7 Å². The van der Waals surface area contributed by atoms with Crippen LogP contribution in [0.25, 0.3) is 22.3 Å². The van der Waals surface area contributed by atoms with Gasteiger partial charge in [-0.1, -0.05) is 64.1 Å². The van der Waals surface area contributed by atoms with Crippen molar-refractivity contribution in [2.75, 3.05) is 13.2 Å². The molecule has 270 valence electrons. The third kappa shape index (κ3) is 6.92. The number of phenols is 4. The molecule has 0 bridgehead atoms. The van der Waals surface area contributed by atoms with E-state index >= 15 is 0 Å². The summed E-state index contributed by atoms with van der Waals surface area (Å²) >= 11 is 0. The van der Waals surface area contributed by atoms with E-state index in [1.165, 1.54) is 36.4 Å². The number of hydrogen-bond donors (Lipinski definition) is 6. The Morgan fingerprint density at radius 3 is 1.10 bits per heavy atom. The van der Waals surface area contributed by atoms with E-state index in [0.29, 0.717) is 22.3 Å². The second-order valence-corrected chi connectivity index (χ2v) is 13.5. The first-order valence-corrected chi connectivity index (χ1v) is 16.8. The molecule has 5 rings (SSSR count). The lowest BCUT2D eigenvalue weighted by Gasteiger charge is -2.33. The Kier molecular flexibility index (Phi) is 10.1. The highest BCUT2D eigenvalue weighted by atomic mass is 16.5. The van der Waals surface area contributed by atoms with Gasteiger partial charge in [0.1, 0.15) is 45.6 Å². The van der Waals surface area contributed by atoms with Crippen molar-refractivity contribution in [1.29, 1.82) is 0 Å². The van der Waals surface area contributed by atoms with Crippen molar-refractivity contribution in [1.82, 2.24) is 0 Å². The number of ether oxygens (including phenoxy) is 2. The average Bonchev–Trinajstić information content (AvgIpc) is 3.07. The number of carboxylic acids is 2. The van der Waals surface area contributed by atoms with Crippen LogP contribution in [0.4, 0.5) is 0 Å². The molecule has 0 radical (unpaired) electrons. The molecule has 0 aliphatic rings. The first-order chi connectivity index (χ1) is 24.5. The van der Waals surface area contributed by atoms with Gasteiger partial charge in [0.05, 0.1) is 13.2 Å². The second-order valence-electron chi connectivity index (χ2n) is 13.5.